The molecule has 1 aromatic heterocycles. The number of hydrogen-bond acceptors (Lipinski definition) is 4. The molecule has 2 N–H and O–H groups in total. The van der Waals surface area contributed by atoms with Crippen molar-refractivity contribution in [2.75, 3.05) is 12.3 Å². The first kappa shape index (κ1) is 11.2. The molecule has 0 fully saturated rings. The van der Waals surface area contributed by atoms with Gasteiger partial charge in [-0.2, -0.15) is 0 Å². The fourth-order valence-corrected chi connectivity index (χ4v) is 1.44. The summed E-state index contributed by atoms with van der Waals surface area (Å²) in [5.41, 5.74) is 6.43. The number of anilines is 1. The summed E-state index contributed by atoms with van der Waals surface area (Å²) in [6.45, 7) is 4.58. The lowest BCUT2D eigenvalue weighted by Gasteiger charge is -2.12. The summed E-state index contributed by atoms with van der Waals surface area (Å²) in [5, 5.41) is 0.407. The number of nitrogens with zero attached hydrogens (tertiary/aromatic N) is 2. The molecule has 1 unspecified atom stereocenters. The van der Waals surface area contributed by atoms with Crippen molar-refractivity contribution in [2.45, 2.75) is 26.4 Å². The molecule has 4 nitrogen and oxygen atoms in total. The van der Waals surface area contributed by atoms with Gasteiger partial charge in [-0.05, 0) is 13.8 Å². The number of halogens is 1. The van der Waals surface area contributed by atoms with Gasteiger partial charge in [0.05, 0.1) is 6.10 Å². The highest BCUT2D eigenvalue weighted by atomic mass is 35.5. The summed E-state index contributed by atoms with van der Waals surface area (Å²) in [7, 11) is 0. The van der Waals surface area contributed by atoms with Crippen molar-refractivity contribution in [3.63, 3.8) is 0 Å². The summed E-state index contributed by atoms with van der Waals surface area (Å²) >= 11 is 5.89. The van der Waals surface area contributed by atoms with Gasteiger partial charge < -0.3 is 10.5 Å². The van der Waals surface area contributed by atoms with E-state index in [-0.39, 0.29) is 6.10 Å². The molecule has 0 aliphatic rings. The van der Waals surface area contributed by atoms with Gasteiger partial charge in [0, 0.05) is 18.6 Å². The van der Waals surface area contributed by atoms with E-state index in [1.807, 2.05) is 13.8 Å². The van der Waals surface area contributed by atoms with Crippen LogP contribution in [0.2, 0.25) is 5.15 Å². The maximum atomic E-state index is 5.89. The largest absolute Gasteiger partial charge is 0.383 e. The molecule has 1 heterocycles. The van der Waals surface area contributed by atoms with E-state index in [0.29, 0.717) is 24.0 Å². The number of nitrogens with two attached hydrogens (primary N) is 1. The Kier molecular flexibility index (Phi) is 4.10. The van der Waals surface area contributed by atoms with Crippen molar-refractivity contribution in [3.05, 3.63) is 17.0 Å². The monoisotopic (exact) mass is 215 g/mol. The Morgan fingerprint density at radius 2 is 2.29 bits per heavy atom. The quantitative estimate of drug-likeness (QED) is 0.777. The lowest BCUT2D eigenvalue weighted by atomic mass is 10.1. The fraction of sp³-hybridized carbons (Fsp3) is 0.556. The Balaban J connectivity index is 2.75. The van der Waals surface area contributed by atoms with Gasteiger partial charge in [-0.1, -0.05) is 11.6 Å². The van der Waals surface area contributed by atoms with Crippen LogP contribution in [0.4, 0.5) is 5.82 Å². The average Bonchev–Trinajstić information content (AvgIpc) is 2.12. The second kappa shape index (κ2) is 5.12. The first-order valence-electron chi connectivity index (χ1n) is 4.51. The predicted octanol–water partition coefficient (Wildman–Crippen LogP) is 1.68. The van der Waals surface area contributed by atoms with Gasteiger partial charge in [0.2, 0.25) is 0 Å². The molecule has 0 saturated carbocycles. The molecule has 78 valence electrons. The van der Waals surface area contributed by atoms with Gasteiger partial charge in [-0.15, -0.1) is 0 Å². The molecular weight excluding hydrogens is 202 g/mol. The molecule has 0 aromatic carbocycles. The maximum Gasteiger partial charge on any atom is 0.137 e. The van der Waals surface area contributed by atoms with Crippen LogP contribution in [-0.2, 0) is 11.2 Å². The number of rotatable bonds is 4. The maximum absolute atomic E-state index is 5.89. The van der Waals surface area contributed by atoms with Gasteiger partial charge in [0.1, 0.15) is 17.3 Å². The van der Waals surface area contributed by atoms with Crippen molar-refractivity contribution in [1.29, 1.82) is 0 Å². The lowest BCUT2D eigenvalue weighted by molar-refractivity contribution is 0.0768. The zero-order valence-corrected chi connectivity index (χ0v) is 9.08. The second-order valence-corrected chi connectivity index (χ2v) is 3.36. The highest BCUT2D eigenvalue weighted by molar-refractivity contribution is 6.30. The minimum absolute atomic E-state index is 0.0748. The second-order valence-electron chi connectivity index (χ2n) is 3.00. The number of nitrogen functional groups attached to an aromatic ring is 1. The first-order valence-corrected chi connectivity index (χ1v) is 4.89. The average molecular weight is 216 g/mol. The van der Waals surface area contributed by atoms with Crippen LogP contribution >= 0.6 is 11.6 Å². The van der Waals surface area contributed by atoms with Gasteiger partial charge in [0.25, 0.3) is 0 Å². The molecule has 5 heteroatoms. The molecule has 0 radical (unpaired) electrons. The number of ether oxygens (including phenoxy) is 1. The smallest absolute Gasteiger partial charge is 0.137 e. The van der Waals surface area contributed by atoms with Crippen molar-refractivity contribution >= 4 is 17.4 Å². The Hall–Kier alpha value is -0.870. The van der Waals surface area contributed by atoms with Crippen molar-refractivity contribution < 1.29 is 4.74 Å². The van der Waals surface area contributed by atoms with Gasteiger partial charge in [-0.25, -0.2) is 9.97 Å². The van der Waals surface area contributed by atoms with Crippen LogP contribution in [0.5, 0.6) is 0 Å². The Morgan fingerprint density at radius 3 is 2.86 bits per heavy atom. The van der Waals surface area contributed by atoms with Crippen LogP contribution in [0.3, 0.4) is 0 Å². The number of hydrogen-bond donors (Lipinski definition) is 1. The molecule has 0 aliphatic heterocycles. The van der Waals surface area contributed by atoms with Crippen LogP contribution in [0.1, 0.15) is 19.4 Å². The van der Waals surface area contributed by atoms with Crippen LogP contribution in [0.15, 0.2) is 6.33 Å². The van der Waals surface area contributed by atoms with E-state index in [0.717, 1.165) is 5.56 Å². The minimum Gasteiger partial charge on any atom is -0.383 e. The van der Waals surface area contributed by atoms with E-state index in [1.165, 1.54) is 6.33 Å². The summed E-state index contributed by atoms with van der Waals surface area (Å²) in [6, 6.07) is 0. The van der Waals surface area contributed by atoms with Crippen molar-refractivity contribution in [1.82, 2.24) is 9.97 Å². The van der Waals surface area contributed by atoms with E-state index in [2.05, 4.69) is 9.97 Å². The summed E-state index contributed by atoms with van der Waals surface area (Å²) in [4.78, 5) is 7.75. The summed E-state index contributed by atoms with van der Waals surface area (Å²) in [5.74, 6) is 0.427. The molecular formula is C9H14ClN3O. The van der Waals surface area contributed by atoms with Gasteiger partial charge in [0.15, 0.2) is 0 Å². The Labute approximate surface area is 88.5 Å². The van der Waals surface area contributed by atoms with Crippen molar-refractivity contribution in [3.8, 4) is 0 Å². The Morgan fingerprint density at radius 1 is 1.57 bits per heavy atom. The fourth-order valence-electron chi connectivity index (χ4n) is 1.22. The summed E-state index contributed by atoms with van der Waals surface area (Å²) < 4.78 is 5.39. The standard InChI is InChI=1S/C9H14ClN3O/c1-3-14-6(2)4-7-8(10)12-5-13-9(7)11/h5-6H,3-4H2,1-2H3,(H2,11,12,13). The van der Waals surface area contributed by atoms with Crippen LogP contribution < -0.4 is 5.73 Å². The van der Waals surface area contributed by atoms with Crippen LogP contribution in [0.25, 0.3) is 0 Å². The third-order valence-corrected chi connectivity index (χ3v) is 2.19. The van der Waals surface area contributed by atoms with Crippen LogP contribution in [0, 0.1) is 0 Å². The third-order valence-electron chi connectivity index (χ3n) is 1.87. The van der Waals surface area contributed by atoms with Gasteiger partial charge in [-0.3, -0.25) is 0 Å². The molecule has 1 rings (SSSR count). The summed E-state index contributed by atoms with van der Waals surface area (Å²) in [6.07, 6.45) is 2.07. The zero-order chi connectivity index (χ0) is 10.6. The number of aromatic nitrogens is 2. The van der Waals surface area contributed by atoms with E-state index in [1.54, 1.807) is 0 Å². The molecule has 14 heavy (non-hydrogen) atoms. The highest BCUT2D eigenvalue weighted by Gasteiger charge is 2.11. The van der Waals surface area contributed by atoms with Crippen molar-refractivity contribution in [2.24, 2.45) is 0 Å². The third kappa shape index (κ3) is 2.82. The zero-order valence-electron chi connectivity index (χ0n) is 8.33. The predicted molar refractivity (Wildman–Crippen MR) is 56.2 cm³/mol. The first-order chi connectivity index (χ1) is 6.65. The van der Waals surface area contributed by atoms with Crippen LogP contribution in [-0.4, -0.2) is 22.7 Å². The Bertz CT molecular complexity index is 286. The lowest BCUT2D eigenvalue weighted by Crippen LogP contribution is -2.14. The molecule has 0 spiro atoms. The molecule has 0 saturated heterocycles. The van der Waals surface area contributed by atoms with E-state index >= 15 is 0 Å². The van der Waals surface area contributed by atoms with E-state index in [9.17, 15) is 0 Å². The highest BCUT2D eigenvalue weighted by Crippen LogP contribution is 2.19. The molecule has 1 atom stereocenters. The minimum atomic E-state index is 0.0748. The molecule has 0 amide bonds. The molecule has 1 aromatic rings. The topological polar surface area (TPSA) is 61.0 Å². The normalized spacial score (nSPS) is 12.8. The molecule has 0 aliphatic carbocycles. The van der Waals surface area contributed by atoms with E-state index in [4.69, 9.17) is 22.1 Å². The molecule has 0 bridgehead atoms. The SMILES string of the molecule is CCOC(C)Cc1c(N)ncnc1Cl. The van der Waals surface area contributed by atoms with Gasteiger partial charge >= 0.3 is 0 Å². The van der Waals surface area contributed by atoms with E-state index < -0.39 is 0 Å².